The first-order valence-corrected chi connectivity index (χ1v) is 5.99. The molecule has 1 atom stereocenters. The standard InChI is InChI=1S/C13H15ClN2/c1-10-4-5-12(14)7-13(10)16-6-2-3-11(8-15)9-16/h4-5,7,11H,2-3,6,9H2,1H3. The van der Waals surface area contributed by atoms with Gasteiger partial charge in [-0.2, -0.15) is 5.26 Å². The van der Waals surface area contributed by atoms with Gasteiger partial charge in [0.2, 0.25) is 0 Å². The van der Waals surface area contributed by atoms with Crippen molar-refractivity contribution in [1.29, 1.82) is 5.26 Å². The Labute approximate surface area is 101 Å². The van der Waals surface area contributed by atoms with Crippen molar-refractivity contribution in [3.05, 3.63) is 28.8 Å². The Kier molecular flexibility index (Phi) is 3.36. The third-order valence-corrected chi connectivity index (χ3v) is 3.35. The normalized spacial score (nSPS) is 20.6. The van der Waals surface area contributed by atoms with Crippen LogP contribution in [0.25, 0.3) is 0 Å². The van der Waals surface area contributed by atoms with Crippen LogP contribution in [0.3, 0.4) is 0 Å². The van der Waals surface area contributed by atoms with Crippen LogP contribution in [0.1, 0.15) is 18.4 Å². The summed E-state index contributed by atoms with van der Waals surface area (Å²) in [6.45, 7) is 3.94. The van der Waals surface area contributed by atoms with Crippen LogP contribution in [0, 0.1) is 24.2 Å². The van der Waals surface area contributed by atoms with Crippen LogP contribution in [0.5, 0.6) is 0 Å². The predicted octanol–water partition coefficient (Wildman–Crippen LogP) is 3.39. The maximum absolute atomic E-state index is 8.98. The number of anilines is 1. The van der Waals surface area contributed by atoms with Gasteiger partial charge < -0.3 is 4.90 Å². The fraction of sp³-hybridized carbons (Fsp3) is 0.462. The van der Waals surface area contributed by atoms with Crippen LogP contribution in [0.2, 0.25) is 5.02 Å². The van der Waals surface area contributed by atoms with Crippen molar-refractivity contribution in [2.24, 2.45) is 5.92 Å². The van der Waals surface area contributed by atoms with E-state index in [1.807, 2.05) is 18.2 Å². The molecule has 1 aliphatic heterocycles. The molecule has 2 nitrogen and oxygen atoms in total. The molecule has 1 aliphatic rings. The van der Waals surface area contributed by atoms with Crippen LogP contribution in [-0.4, -0.2) is 13.1 Å². The molecule has 1 aromatic rings. The first-order valence-electron chi connectivity index (χ1n) is 5.61. The zero-order valence-corrected chi connectivity index (χ0v) is 10.2. The van der Waals surface area contributed by atoms with E-state index in [1.54, 1.807) is 0 Å². The van der Waals surface area contributed by atoms with E-state index in [0.29, 0.717) is 0 Å². The Bertz CT molecular complexity index is 422. The highest BCUT2D eigenvalue weighted by Gasteiger charge is 2.20. The molecule has 0 N–H and O–H groups in total. The molecule has 84 valence electrons. The van der Waals surface area contributed by atoms with Crippen LogP contribution in [0.4, 0.5) is 5.69 Å². The van der Waals surface area contributed by atoms with Gasteiger partial charge in [-0.15, -0.1) is 0 Å². The maximum Gasteiger partial charge on any atom is 0.0674 e. The van der Waals surface area contributed by atoms with Crippen molar-refractivity contribution in [1.82, 2.24) is 0 Å². The van der Waals surface area contributed by atoms with Gasteiger partial charge in [0, 0.05) is 23.8 Å². The quantitative estimate of drug-likeness (QED) is 0.745. The van der Waals surface area contributed by atoms with Gasteiger partial charge in [-0.3, -0.25) is 0 Å². The number of nitriles is 1. The Morgan fingerprint density at radius 1 is 1.50 bits per heavy atom. The largest absolute Gasteiger partial charge is 0.370 e. The summed E-state index contributed by atoms with van der Waals surface area (Å²) in [5, 5.41) is 9.74. The SMILES string of the molecule is Cc1ccc(Cl)cc1N1CCCC(C#N)C1. The number of rotatable bonds is 1. The maximum atomic E-state index is 8.98. The summed E-state index contributed by atoms with van der Waals surface area (Å²) in [6.07, 6.45) is 2.11. The lowest BCUT2D eigenvalue weighted by atomic mass is 9.98. The van der Waals surface area contributed by atoms with E-state index in [4.69, 9.17) is 16.9 Å². The Hall–Kier alpha value is -1.20. The topological polar surface area (TPSA) is 27.0 Å². The molecule has 0 amide bonds. The number of aryl methyl sites for hydroxylation is 1. The molecule has 0 radical (unpaired) electrons. The van der Waals surface area contributed by atoms with Crippen molar-refractivity contribution in [2.75, 3.05) is 18.0 Å². The highest BCUT2D eigenvalue weighted by atomic mass is 35.5. The number of hydrogen-bond donors (Lipinski definition) is 0. The summed E-state index contributed by atoms with van der Waals surface area (Å²) >= 11 is 6.01. The van der Waals surface area contributed by atoms with Crippen LogP contribution >= 0.6 is 11.6 Å². The Morgan fingerprint density at radius 3 is 3.06 bits per heavy atom. The summed E-state index contributed by atoms with van der Waals surface area (Å²) in [5.74, 6) is 0.159. The van der Waals surface area contributed by atoms with Gasteiger partial charge in [0.25, 0.3) is 0 Å². The van der Waals surface area contributed by atoms with Gasteiger partial charge in [-0.05, 0) is 37.5 Å². The Balaban J connectivity index is 2.23. The molecule has 0 spiro atoms. The molecule has 1 saturated heterocycles. The third-order valence-electron chi connectivity index (χ3n) is 3.12. The third kappa shape index (κ3) is 2.31. The van der Waals surface area contributed by atoms with Crippen LogP contribution in [-0.2, 0) is 0 Å². The summed E-state index contributed by atoms with van der Waals surface area (Å²) < 4.78 is 0. The zero-order valence-electron chi connectivity index (χ0n) is 9.41. The fourth-order valence-electron chi connectivity index (χ4n) is 2.22. The van der Waals surface area contributed by atoms with Crippen molar-refractivity contribution >= 4 is 17.3 Å². The molecule has 3 heteroatoms. The summed E-state index contributed by atoms with van der Waals surface area (Å²) in [6, 6.07) is 8.30. The highest BCUT2D eigenvalue weighted by Crippen LogP contribution is 2.28. The van der Waals surface area contributed by atoms with Gasteiger partial charge in [-0.25, -0.2) is 0 Å². The highest BCUT2D eigenvalue weighted by molar-refractivity contribution is 6.30. The number of halogens is 1. The molecule has 1 heterocycles. The van der Waals surface area contributed by atoms with E-state index in [1.165, 1.54) is 11.3 Å². The second-order valence-electron chi connectivity index (χ2n) is 4.35. The number of hydrogen-bond acceptors (Lipinski definition) is 2. The van der Waals surface area contributed by atoms with E-state index in [9.17, 15) is 0 Å². The van der Waals surface area contributed by atoms with E-state index >= 15 is 0 Å². The number of nitrogens with zero attached hydrogens (tertiary/aromatic N) is 2. The van der Waals surface area contributed by atoms with E-state index < -0.39 is 0 Å². The molecule has 0 aromatic heterocycles. The van der Waals surface area contributed by atoms with E-state index in [-0.39, 0.29) is 5.92 Å². The summed E-state index contributed by atoms with van der Waals surface area (Å²) in [4.78, 5) is 2.28. The molecule has 0 saturated carbocycles. The first-order chi connectivity index (χ1) is 7.70. The lowest BCUT2D eigenvalue weighted by molar-refractivity contribution is 0.493. The molecule has 2 rings (SSSR count). The molecule has 1 unspecified atom stereocenters. The fourth-order valence-corrected chi connectivity index (χ4v) is 2.39. The number of benzene rings is 1. The first kappa shape index (κ1) is 11.3. The molecule has 0 aliphatic carbocycles. The molecule has 1 aromatic carbocycles. The van der Waals surface area contributed by atoms with Gasteiger partial charge in [0.05, 0.1) is 12.0 Å². The van der Waals surface area contributed by atoms with Crippen LogP contribution < -0.4 is 4.90 Å². The minimum absolute atomic E-state index is 0.159. The van der Waals surface area contributed by atoms with Crippen LogP contribution in [0.15, 0.2) is 18.2 Å². The lowest BCUT2D eigenvalue weighted by Gasteiger charge is -2.32. The summed E-state index contributed by atoms with van der Waals surface area (Å²) in [5.41, 5.74) is 2.40. The molecule has 0 bridgehead atoms. The second-order valence-corrected chi connectivity index (χ2v) is 4.78. The Morgan fingerprint density at radius 2 is 2.31 bits per heavy atom. The average Bonchev–Trinajstić information content (AvgIpc) is 2.32. The van der Waals surface area contributed by atoms with Crippen molar-refractivity contribution in [3.8, 4) is 6.07 Å². The van der Waals surface area contributed by atoms with E-state index in [2.05, 4.69) is 17.9 Å². The zero-order chi connectivity index (χ0) is 11.5. The summed E-state index contributed by atoms with van der Waals surface area (Å²) in [7, 11) is 0. The number of piperidine rings is 1. The predicted molar refractivity (Wildman–Crippen MR) is 66.7 cm³/mol. The van der Waals surface area contributed by atoms with Gasteiger partial charge in [0.1, 0.15) is 0 Å². The average molecular weight is 235 g/mol. The van der Waals surface area contributed by atoms with Crippen molar-refractivity contribution < 1.29 is 0 Å². The second kappa shape index (κ2) is 4.76. The smallest absolute Gasteiger partial charge is 0.0674 e. The van der Waals surface area contributed by atoms with E-state index in [0.717, 1.165) is 31.0 Å². The molecular formula is C13H15ClN2. The van der Waals surface area contributed by atoms with Gasteiger partial charge in [0.15, 0.2) is 0 Å². The monoisotopic (exact) mass is 234 g/mol. The van der Waals surface area contributed by atoms with Gasteiger partial charge in [-0.1, -0.05) is 17.7 Å². The molecule has 16 heavy (non-hydrogen) atoms. The van der Waals surface area contributed by atoms with Crippen molar-refractivity contribution in [3.63, 3.8) is 0 Å². The van der Waals surface area contributed by atoms with Gasteiger partial charge >= 0.3 is 0 Å². The molecule has 1 fully saturated rings. The molecular weight excluding hydrogens is 220 g/mol. The lowest BCUT2D eigenvalue weighted by Crippen LogP contribution is -2.35. The minimum Gasteiger partial charge on any atom is -0.370 e. The van der Waals surface area contributed by atoms with Crippen molar-refractivity contribution in [2.45, 2.75) is 19.8 Å². The minimum atomic E-state index is 0.159.